The van der Waals surface area contributed by atoms with Crippen LogP contribution in [0.25, 0.3) is 60.3 Å². The summed E-state index contributed by atoms with van der Waals surface area (Å²) in [6.07, 6.45) is 18.8. The summed E-state index contributed by atoms with van der Waals surface area (Å²) < 4.78 is 2.70. The van der Waals surface area contributed by atoms with Crippen LogP contribution in [0.15, 0.2) is 72.8 Å². The van der Waals surface area contributed by atoms with Crippen molar-refractivity contribution in [1.82, 2.24) is 4.40 Å². The van der Waals surface area contributed by atoms with E-state index in [0.29, 0.717) is 12.2 Å². The Labute approximate surface area is 461 Å². The molecule has 10 aliphatic carbocycles. The maximum absolute atomic E-state index is 16.6. The van der Waals surface area contributed by atoms with Gasteiger partial charge in [-0.1, -0.05) is 150 Å². The maximum Gasteiger partial charge on any atom is 0.178 e. The molecule has 0 N–H and O–H groups in total. The maximum atomic E-state index is 16.6. The number of ketones is 2. The van der Waals surface area contributed by atoms with Gasteiger partial charge in [-0.3, -0.25) is 9.59 Å². The molecule has 2 heterocycles. The van der Waals surface area contributed by atoms with E-state index >= 15 is 9.59 Å². The van der Waals surface area contributed by atoms with E-state index in [2.05, 4.69) is 153 Å². The Morgan fingerprint density at radius 3 is 1.40 bits per heavy atom. The molecule has 18 rings (SSSR count). The van der Waals surface area contributed by atoms with Crippen molar-refractivity contribution in [2.75, 3.05) is 0 Å². The highest BCUT2D eigenvalue weighted by Gasteiger charge is 2.70. The first-order chi connectivity index (χ1) is 37.0. The molecule has 0 saturated heterocycles. The normalized spacial score (nSPS) is 31.2. The van der Waals surface area contributed by atoms with Gasteiger partial charge in [0, 0.05) is 59.7 Å². The van der Waals surface area contributed by atoms with E-state index in [1.165, 1.54) is 160 Å². The summed E-state index contributed by atoms with van der Waals surface area (Å²) in [7, 11) is 0. The van der Waals surface area contributed by atoms with Gasteiger partial charge in [0.05, 0.1) is 22.0 Å². The Bertz CT molecular complexity index is 4160. The standard InChI is InChI=1S/C75H77NO2/c1-66(2,3)41-16-18-44-45-19-17-42(67(4,5)6)32-52(45)75(51(44)31-41)38-40-30-48-55(36-46(40)65(75)78)76-56-37-47-50(69(10)28-29-70(11,39-69)64(47)77)35-49(56)58-62-60-59-53(71-20-12-24-73(71,25-13-21-71)61(60)57(48)63(58)76)33-43(68(7,8)9)34-54(59)72-22-14-26-74(62,72)27-15-23-72/h16-19,30-37H,12-15,20-29,38-39H2,1-11H3. The molecule has 5 saturated carbocycles. The molecule has 2 bridgehead atoms. The van der Waals surface area contributed by atoms with Gasteiger partial charge in [0.25, 0.3) is 0 Å². The molecule has 2 aromatic heterocycles. The third-order valence-electron chi connectivity index (χ3n) is 25.5. The van der Waals surface area contributed by atoms with E-state index in [9.17, 15) is 0 Å². The molecular weight excluding hydrogens is 947 g/mol. The lowest BCUT2D eigenvalue weighted by Crippen LogP contribution is -2.50. The van der Waals surface area contributed by atoms with Crippen molar-refractivity contribution >= 4 is 49.7 Å². The van der Waals surface area contributed by atoms with Gasteiger partial charge in [-0.2, -0.15) is 0 Å². The van der Waals surface area contributed by atoms with E-state index in [-0.39, 0.29) is 54.5 Å². The molecule has 8 aromatic rings. The van der Waals surface area contributed by atoms with Crippen LogP contribution in [0, 0.1) is 5.41 Å². The number of hydrogen-bond acceptors (Lipinski definition) is 2. The van der Waals surface area contributed by atoms with Gasteiger partial charge in [-0.05, 0) is 206 Å². The number of Topliss-reactive ketones (excluding diaryl/α,β-unsaturated/α-hetero) is 2. The predicted octanol–water partition coefficient (Wildman–Crippen LogP) is 18.5. The minimum atomic E-state index is -0.821. The van der Waals surface area contributed by atoms with E-state index in [0.717, 1.165) is 30.4 Å². The van der Waals surface area contributed by atoms with Crippen LogP contribution < -0.4 is 0 Å². The van der Waals surface area contributed by atoms with Crippen LogP contribution in [0.5, 0.6) is 0 Å². The molecule has 2 unspecified atom stereocenters. The fourth-order valence-electron chi connectivity index (χ4n) is 22.1. The Hall–Kier alpha value is -5.54. The fraction of sp³-hybridized carbons (Fsp3) is 0.493. The van der Waals surface area contributed by atoms with Crippen LogP contribution in [-0.2, 0) is 55.2 Å². The molecular formula is C75H77NO2. The summed E-state index contributed by atoms with van der Waals surface area (Å²) in [6, 6.07) is 29.8. The molecule has 394 valence electrons. The van der Waals surface area contributed by atoms with Gasteiger partial charge >= 0.3 is 0 Å². The molecule has 10 aliphatic rings. The third kappa shape index (κ3) is 4.72. The highest BCUT2D eigenvalue weighted by atomic mass is 16.1. The summed E-state index contributed by atoms with van der Waals surface area (Å²) >= 11 is 0. The van der Waals surface area contributed by atoms with Gasteiger partial charge in [-0.15, -0.1) is 0 Å². The number of fused-ring (bicyclic) bond motifs is 18. The van der Waals surface area contributed by atoms with Gasteiger partial charge in [0.2, 0.25) is 0 Å². The number of hydrogen-bond donors (Lipinski definition) is 0. The van der Waals surface area contributed by atoms with E-state index in [1.807, 2.05) is 0 Å². The number of rotatable bonds is 0. The summed E-state index contributed by atoms with van der Waals surface area (Å²) in [5, 5.41) is 5.72. The highest BCUT2D eigenvalue weighted by molar-refractivity contribution is 6.30. The molecule has 0 aliphatic heterocycles. The van der Waals surface area contributed by atoms with Crippen LogP contribution in [-0.4, -0.2) is 16.0 Å². The minimum Gasteiger partial charge on any atom is -0.308 e. The highest BCUT2D eigenvalue weighted by Crippen LogP contribution is 2.79. The van der Waals surface area contributed by atoms with E-state index in [1.54, 1.807) is 38.9 Å². The van der Waals surface area contributed by atoms with Crippen molar-refractivity contribution in [2.45, 2.75) is 228 Å². The fourth-order valence-corrected chi connectivity index (χ4v) is 22.1. The lowest BCUT2D eigenvalue weighted by atomic mass is 9.46. The van der Waals surface area contributed by atoms with Crippen molar-refractivity contribution in [1.29, 1.82) is 0 Å². The van der Waals surface area contributed by atoms with Gasteiger partial charge < -0.3 is 4.40 Å². The lowest BCUT2D eigenvalue weighted by Gasteiger charge is -2.56. The van der Waals surface area contributed by atoms with Gasteiger partial charge in [0.15, 0.2) is 11.6 Å². The molecule has 1 spiro atoms. The van der Waals surface area contributed by atoms with E-state index < -0.39 is 5.41 Å². The summed E-state index contributed by atoms with van der Waals surface area (Å²) in [6.45, 7) is 26.0. The number of aromatic nitrogens is 1. The van der Waals surface area contributed by atoms with E-state index in [4.69, 9.17) is 0 Å². The first kappa shape index (κ1) is 46.2. The van der Waals surface area contributed by atoms with Crippen LogP contribution in [0.1, 0.15) is 254 Å². The van der Waals surface area contributed by atoms with Crippen LogP contribution in [0.3, 0.4) is 0 Å². The summed E-state index contributed by atoms with van der Waals surface area (Å²) in [5.41, 5.74) is 26.3. The monoisotopic (exact) mass is 1020 g/mol. The van der Waals surface area contributed by atoms with Crippen molar-refractivity contribution in [2.24, 2.45) is 5.41 Å². The van der Waals surface area contributed by atoms with Crippen LogP contribution >= 0.6 is 0 Å². The molecule has 5 fully saturated rings. The Morgan fingerprint density at radius 1 is 0.423 bits per heavy atom. The molecule has 2 atom stereocenters. The molecule has 78 heavy (non-hydrogen) atoms. The van der Waals surface area contributed by atoms with Crippen molar-refractivity contribution in [3.8, 4) is 22.3 Å². The molecule has 0 radical (unpaired) electrons. The largest absolute Gasteiger partial charge is 0.308 e. The molecule has 6 aromatic carbocycles. The van der Waals surface area contributed by atoms with Crippen LogP contribution in [0.4, 0.5) is 0 Å². The zero-order chi connectivity index (χ0) is 53.4. The number of nitrogens with zero attached hydrogens (tertiary/aromatic N) is 1. The molecule has 3 heteroatoms. The average Bonchev–Trinajstić information content (AvgIpc) is 1.79. The van der Waals surface area contributed by atoms with Crippen molar-refractivity contribution < 1.29 is 9.59 Å². The zero-order valence-corrected chi connectivity index (χ0v) is 48.5. The first-order valence-corrected chi connectivity index (χ1v) is 31.0. The average molecular weight is 1020 g/mol. The molecule has 3 nitrogen and oxygen atoms in total. The second-order valence-corrected chi connectivity index (χ2v) is 32.0. The van der Waals surface area contributed by atoms with Crippen molar-refractivity contribution in [3.63, 3.8) is 0 Å². The minimum absolute atomic E-state index is 0.0284. The Morgan fingerprint density at radius 2 is 0.885 bits per heavy atom. The Balaban J connectivity index is 1.03. The van der Waals surface area contributed by atoms with Gasteiger partial charge in [-0.25, -0.2) is 0 Å². The van der Waals surface area contributed by atoms with Crippen LogP contribution in [0.2, 0.25) is 0 Å². The smallest absolute Gasteiger partial charge is 0.178 e. The topological polar surface area (TPSA) is 38.5 Å². The summed E-state index contributed by atoms with van der Waals surface area (Å²) in [4.78, 5) is 31.9. The number of carbonyl (C=O) groups excluding carboxylic acids is 2. The second kappa shape index (κ2) is 13.3. The SMILES string of the molecule is CC12CCC(C)(C1)c1cc3c4c5c6c(c7c8cc9c(cc8n(c3cc1C2=O)c74)C(=O)C1(C9)c2cc(C(C)(C)C)ccc2-c2ccc(C(C)(C)C)cc21)C12CCCC1(CCC2)c1cc(C(C)(C)C)cc(c1-6)C12CCCC51CCC2. The molecule has 0 amide bonds. The summed E-state index contributed by atoms with van der Waals surface area (Å²) in [5.74, 6) is 0.600. The third-order valence-corrected chi connectivity index (χ3v) is 25.5. The quantitative estimate of drug-likeness (QED) is 0.152. The predicted molar refractivity (Wildman–Crippen MR) is 319 cm³/mol. The van der Waals surface area contributed by atoms with Gasteiger partial charge in [0.1, 0.15) is 0 Å². The second-order valence-electron chi connectivity index (χ2n) is 32.0. The Kier molecular flexibility index (Phi) is 7.87. The number of benzene rings is 6. The first-order valence-electron chi connectivity index (χ1n) is 31.0. The number of carbonyl (C=O) groups is 2. The lowest BCUT2D eigenvalue weighted by molar-refractivity contribution is 0.0797. The van der Waals surface area contributed by atoms with Crippen molar-refractivity contribution in [3.05, 3.63) is 145 Å². The zero-order valence-electron chi connectivity index (χ0n) is 48.5.